The van der Waals surface area contributed by atoms with E-state index in [1.54, 1.807) is 30.3 Å². The van der Waals surface area contributed by atoms with Gasteiger partial charge >= 0.3 is 0 Å². The van der Waals surface area contributed by atoms with Crippen LogP contribution in [0.2, 0.25) is 5.02 Å². The number of fused-ring (bicyclic) bond motifs is 1. The fourth-order valence-electron chi connectivity index (χ4n) is 4.16. The molecule has 1 fully saturated rings. The molecule has 34 heavy (non-hydrogen) atoms. The van der Waals surface area contributed by atoms with Gasteiger partial charge in [0.25, 0.3) is 11.1 Å². The Bertz CT molecular complexity index is 1280. The molecule has 0 radical (unpaired) electrons. The van der Waals surface area contributed by atoms with E-state index in [0.29, 0.717) is 15.6 Å². The Hall–Kier alpha value is -3.03. The number of halogens is 1. The molecule has 0 aliphatic carbocycles. The molecule has 4 rings (SSSR count). The largest absolute Gasteiger partial charge is 0.365 e. The number of aryl methyl sites for hydroxylation is 1. The molecule has 2 heterocycles. The van der Waals surface area contributed by atoms with Gasteiger partial charge in [-0.1, -0.05) is 23.7 Å². The van der Waals surface area contributed by atoms with Gasteiger partial charge in [-0.15, -0.1) is 0 Å². The summed E-state index contributed by atoms with van der Waals surface area (Å²) in [5, 5.41) is 2.68. The number of rotatable bonds is 4. The fraction of sp³-hybridized carbons (Fsp3) is 0.269. The SMILES string of the molecule is CC1=CC(C)(C)N(C)c2cc(C)c(/C=C3\SC(=O)N(CC(=O)Nc4cccc(Cl)c4)C3=O)cc21. The van der Waals surface area contributed by atoms with Crippen LogP contribution in [0.4, 0.5) is 16.2 Å². The van der Waals surface area contributed by atoms with E-state index in [9.17, 15) is 14.4 Å². The molecule has 2 aliphatic heterocycles. The van der Waals surface area contributed by atoms with Gasteiger partial charge in [0, 0.05) is 29.0 Å². The smallest absolute Gasteiger partial charge is 0.294 e. The third-order valence-electron chi connectivity index (χ3n) is 6.18. The number of amides is 3. The van der Waals surface area contributed by atoms with Gasteiger partial charge in [0.15, 0.2) is 0 Å². The first-order valence-corrected chi connectivity index (χ1v) is 12.0. The summed E-state index contributed by atoms with van der Waals surface area (Å²) in [7, 11) is 2.07. The number of anilines is 2. The van der Waals surface area contributed by atoms with Crippen molar-refractivity contribution >= 4 is 63.4 Å². The zero-order valence-electron chi connectivity index (χ0n) is 19.7. The molecule has 0 bridgehead atoms. The summed E-state index contributed by atoms with van der Waals surface area (Å²) >= 11 is 6.79. The number of benzene rings is 2. The maximum Gasteiger partial charge on any atom is 0.294 e. The number of hydrogen-bond donors (Lipinski definition) is 1. The molecule has 0 saturated carbocycles. The molecule has 1 N–H and O–H groups in total. The molecule has 2 aromatic carbocycles. The summed E-state index contributed by atoms with van der Waals surface area (Å²) in [6.07, 6.45) is 3.96. The summed E-state index contributed by atoms with van der Waals surface area (Å²) in [4.78, 5) is 41.4. The van der Waals surface area contributed by atoms with Crippen molar-refractivity contribution in [3.63, 3.8) is 0 Å². The lowest BCUT2D eigenvalue weighted by molar-refractivity contribution is -0.127. The second-order valence-corrected chi connectivity index (χ2v) is 10.5. The van der Waals surface area contributed by atoms with Crippen molar-refractivity contribution in [1.29, 1.82) is 0 Å². The number of allylic oxidation sites excluding steroid dienone is 1. The molecule has 2 aliphatic rings. The average molecular weight is 496 g/mol. The van der Waals surface area contributed by atoms with Gasteiger partial charge in [0.2, 0.25) is 5.91 Å². The maximum atomic E-state index is 13.0. The Labute approximate surface area is 208 Å². The molecule has 1 saturated heterocycles. The van der Waals surface area contributed by atoms with E-state index in [-0.39, 0.29) is 12.1 Å². The monoisotopic (exact) mass is 495 g/mol. The average Bonchev–Trinajstić information content (AvgIpc) is 3.00. The third kappa shape index (κ3) is 4.63. The van der Waals surface area contributed by atoms with Gasteiger partial charge in [-0.3, -0.25) is 19.3 Å². The fourth-order valence-corrected chi connectivity index (χ4v) is 5.18. The van der Waals surface area contributed by atoms with Crippen LogP contribution in [0.25, 0.3) is 11.6 Å². The van der Waals surface area contributed by atoms with E-state index >= 15 is 0 Å². The summed E-state index contributed by atoms with van der Waals surface area (Å²) in [6.45, 7) is 8.05. The normalized spacial score (nSPS) is 18.3. The van der Waals surface area contributed by atoms with Gasteiger partial charge < -0.3 is 10.2 Å². The van der Waals surface area contributed by atoms with Crippen molar-refractivity contribution in [2.45, 2.75) is 33.2 Å². The van der Waals surface area contributed by atoms with Crippen molar-refractivity contribution in [2.75, 3.05) is 23.8 Å². The number of nitrogens with zero attached hydrogens (tertiary/aromatic N) is 2. The lowest BCUT2D eigenvalue weighted by Crippen LogP contribution is -2.42. The number of carbonyl (C=O) groups excluding carboxylic acids is 3. The molecule has 3 amide bonds. The Morgan fingerprint density at radius 1 is 1.18 bits per heavy atom. The van der Waals surface area contributed by atoms with Crippen molar-refractivity contribution in [2.24, 2.45) is 0 Å². The van der Waals surface area contributed by atoms with Crippen LogP contribution in [-0.2, 0) is 9.59 Å². The standard InChI is InChI=1S/C26H26ClN3O3S/c1-15-9-21-20(16(2)13-26(3,4)29(21)5)10-17(15)11-22-24(32)30(25(33)34-22)14-23(31)28-19-8-6-7-18(27)12-19/h6-13H,14H2,1-5H3,(H,28,31)/b22-11-. The number of imide groups is 1. The molecule has 0 unspecified atom stereocenters. The van der Waals surface area contributed by atoms with Crippen LogP contribution in [0.1, 0.15) is 37.5 Å². The predicted molar refractivity (Wildman–Crippen MR) is 140 cm³/mol. The summed E-state index contributed by atoms with van der Waals surface area (Å²) in [5.41, 5.74) is 5.67. The summed E-state index contributed by atoms with van der Waals surface area (Å²) < 4.78 is 0. The highest BCUT2D eigenvalue weighted by Gasteiger charge is 2.36. The van der Waals surface area contributed by atoms with Gasteiger partial charge in [-0.2, -0.15) is 0 Å². The minimum Gasteiger partial charge on any atom is -0.365 e. The molecular formula is C26H26ClN3O3S. The first kappa shape index (κ1) is 24.1. The van der Waals surface area contributed by atoms with Crippen LogP contribution >= 0.6 is 23.4 Å². The number of carbonyl (C=O) groups is 3. The zero-order chi connectivity index (χ0) is 24.8. The van der Waals surface area contributed by atoms with E-state index in [2.05, 4.69) is 56.2 Å². The number of nitrogens with one attached hydrogen (secondary N) is 1. The number of likely N-dealkylation sites (N-methyl/N-ethyl adjacent to an activating group) is 1. The minimum atomic E-state index is -0.473. The van der Waals surface area contributed by atoms with E-state index in [1.807, 2.05) is 6.92 Å². The van der Waals surface area contributed by atoms with Crippen LogP contribution in [0.5, 0.6) is 0 Å². The molecule has 176 valence electrons. The Morgan fingerprint density at radius 3 is 2.62 bits per heavy atom. The van der Waals surface area contributed by atoms with E-state index < -0.39 is 17.1 Å². The highest BCUT2D eigenvalue weighted by Crippen LogP contribution is 2.40. The third-order valence-corrected chi connectivity index (χ3v) is 7.32. The van der Waals surface area contributed by atoms with Crippen LogP contribution in [0, 0.1) is 6.92 Å². The molecule has 6 nitrogen and oxygen atoms in total. The van der Waals surface area contributed by atoms with Crippen molar-refractivity contribution < 1.29 is 14.4 Å². The summed E-state index contributed by atoms with van der Waals surface area (Å²) in [6, 6.07) is 10.9. The molecule has 0 spiro atoms. The number of thioether (sulfide) groups is 1. The topological polar surface area (TPSA) is 69.7 Å². The highest BCUT2D eigenvalue weighted by atomic mass is 35.5. The van der Waals surface area contributed by atoms with Gasteiger partial charge in [0.05, 0.1) is 10.4 Å². The summed E-state index contributed by atoms with van der Waals surface area (Å²) in [5.74, 6) is -0.943. The van der Waals surface area contributed by atoms with Crippen LogP contribution in [-0.4, -0.2) is 41.1 Å². The first-order chi connectivity index (χ1) is 16.0. The minimum absolute atomic E-state index is 0.0979. The van der Waals surface area contributed by atoms with Crippen molar-refractivity contribution in [1.82, 2.24) is 4.90 Å². The quantitative estimate of drug-likeness (QED) is 0.530. The highest BCUT2D eigenvalue weighted by molar-refractivity contribution is 8.18. The maximum absolute atomic E-state index is 13.0. The Kier molecular flexibility index (Phi) is 6.36. The van der Waals surface area contributed by atoms with E-state index in [4.69, 9.17) is 11.6 Å². The Balaban J connectivity index is 1.56. The predicted octanol–water partition coefficient (Wildman–Crippen LogP) is 5.96. The zero-order valence-corrected chi connectivity index (χ0v) is 21.3. The van der Waals surface area contributed by atoms with Crippen LogP contribution in [0.15, 0.2) is 47.4 Å². The van der Waals surface area contributed by atoms with E-state index in [0.717, 1.165) is 39.0 Å². The van der Waals surface area contributed by atoms with Crippen LogP contribution < -0.4 is 10.2 Å². The second-order valence-electron chi connectivity index (χ2n) is 9.09. The van der Waals surface area contributed by atoms with Gasteiger partial charge in [-0.25, -0.2) is 0 Å². The first-order valence-electron chi connectivity index (χ1n) is 10.9. The lowest BCUT2D eigenvalue weighted by Gasteiger charge is -2.41. The number of hydrogen-bond acceptors (Lipinski definition) is 5. The Morgan fingerprint density at radius 2 is 1.91 bits per heavy atom. The molecule has 0 aromatic heterocycles. The molecule has 0 atom stereocenters. The van der Waals surface area contributed by atoms with Crippen molar-refractivity contribution in [3.05, 3.63) is 69.1 Å². The lowest BCUT2D eigenvalue weighted by atomic mass is 9.87. The van der Waals surface area contributed by atoms with Gasteiger partial charge in [0.1, 0.15) is 6.54 Å². The second kappa shape index (κ2) is 8.96. The molecule has 2 aromatic rings. The van der Waals surface area contributed by atoms with E-state index in [1.165, 1.54) is 5.57 Å². The molecule has 8 heteroatoms. The van der Waals surface area contributed by atoms with Crippen LogP contribution in [0.3, 0.4) is 0 Å². The van der Waals surface area contributed by atoms with Gasteiger partial charge in [-0.05, 0) is 92.6 Å². The van der Waals surface area contributed by atoms with Crippen molar-refractivity contribution in [3.8, 4) is 0 Å². The molecular weight excluding hydrogens is 470 g/mol.